The van der Waals surface area contributed by atoms with Crippen LogP contribution in [0.1, 0.15) is 5.82 Å². The summed E-state index contributed by atoms with van der Waals surface area (Å²) in [6.07, 6.45) is 4.18. The van der Waals surface area contributed by atoms with Crippen molar-refractivity contribution in [1.29, 1.82) is 0 Å². The monoisotopic (exact) mass is 194 g/mol. The van der Waals surface area contributed by atoms with Crippen LogP contribution in [0.4, 0.5) is 5.69 Å². The van der Waals surface area contributed by atoms with Crippen LogP contribution in [0.15, 0.2) is 12.4 Å². The molecule has 1 saturated heterocycles. The van der Waals surface area contributed by atoms with Gasteiger partial charge >= 0.3 is 0 Å². The summed E-state index contributed by atoms with van der Waals surface area (Å²) in [5, 5.41) is 3.26. The van der Waals surface area contributed by atoms with Crippen molar-refractivity contribution in [3.63, 3.8) is 0 Å². The predicted octanol–water partition coefficient (Wildman–Crippen LogP) is -0.410. The quantitative estimate of drug-likeness (QED) is 0.669. The summed E-state index contributed by atoms with van der Waals surface area (Å²) in [6, 6.07) is 0. The number of hydrogen-bond donors (Lipinski definition) is 2. The minimum atomic E-state index is 0.187. The maximum absolute atomic E-state index is 5.54. The highest BCUT2D eigenvalue weighted by molar-refractivity contribution is 5.30. The summed E-state index contributed by atoms with van der Waals surface area (Å²) in [5.41, 5.74) is 6.09. The molecular weight excluding hydrogens is 180 g/mol. The maximum Gasteiger partial charge on any atom is 0.131 e. The lowest BCUT2D eigenvalue weighted by Gasteiger charge is -2.22. The van der Waals surface area contributed by atoms with E-state index in [0.717, 1.165) is 31.9 Å². The van der Waals surface area contributed by atoms with E-state index in [0.29, 0.717) is 5.69 Å². The summed E-state index contributed by atoms with van der Waals surface area (Å²) in [5.74, 6) is 0.785. The van der Waals surface area contributed by atoms with Crippen LogP contribution < -0.4 is 11.1 Å². The zero-order valence-electron chi connectivity index (χ0n) is 7.94. The van der Waals surface area contributed by atoms with Gasteiger partial charge in [0.05, 0.1) is 30.8 Å². The number of ether oxygens (including phenoxy) is 1. The van der Waals surface area contributed by atoms with Gasteiger partial charge < -0.3 is 15.8 Å². The number of rotatable bonds is 2. The number of nitrogens with one attached hydrogen (secondary N) is 1. The van der Waals surface area contributed by atoms with Gasteiger partial charge in [-0.05, 0) is 0 Å². The second-order valence-electron chi connectivity index (χ2n) is 3.33. The van der Waals surface area contributed by atoms with Crippen LogP contribution in [-0.2, 0) is 11.2 Å². The molecule has 0 amide bonds. The van der Waals surface area contributed by atoms with Crippen LogP contribution in [0, 0.1) is 0 Å². The average molecular weight is 194 g/mol. The minimum absolute atomic E-state index is 0.187. The van der Waals surface area contributed by atoms with Crippen molar-refractivity contribution in [2.45, 2.75) is 12.5 Å². The van der Waals surface area contributed by atoms with E-state index in [4.69, 9.17) is 10.5 Å². The van der Waals surface area contributed by atoms with Gasteiger partial charge in [0.1, 0.15) is 5.82 Å². The molecule has 14 heavy (non-hydrogen) atoms. The fourth-order valence-electron chi connectivity index (χ4n) is 1.42. The van der Waals surface area contributed by atoms with Crippen molar-refractivity contribution in [3.05, 3.63) is 18.2 Å². The fraction of sp³-hybridized carbons (Fsp3) is 0.556. The van der Waals surface area contributed by atoms with Gasteiger partial charge in [-0.25, -0.2) is 9.97 Å². The first kappa shape index (κ1) is 9.36. The number of hydrogen-bond acceptors (Lipinski definition) is 5. The Labute approximate surface area is 82.7 Å². The highest BCUT2D eigenvalue weighted by Gasteiger charge is 2.14. The molecule has 0 radical (unpaired) electrons. The van der Waals surface area contributed by atoms with Crippen LogP contribution in [0.2, 0.25) is 0 Å². The smallest absolute Gasteiger partial charge is 0.131 e. The molecule has 1 fully saturated rings. The van der Waals surface area contributed by atoms with Crippen molar-refractivity contribution < 1.29 is 4.74 Å². The van der Waals surface area contributed by atoms with Crippen molar-refractivity contribution >= 4 is 5.69 Å². The Hall–Kier alpha value is -1.20. The van der Waals surface area contributed by atoms with Crippen LogP contribution >= 0.6 is 0 Å². The Balaban J connectivity index is 1.92. The third kappa shape index (κ3) is 2.40. The molecule has 0 bridgehead atoms. The minimum Gasteiger partial charge on any atom is -0.396 e. The first-order chi connectivity index (χ1) is 6.84. The van der Waals surface area contributed by atoms with E-state index in [1.54, 1.807) is 12.4 Å². The van der Waals surface area contributed by atoms with Crippen LogP contribution in [0.5, 0.6) is 0 Å². The molecular formula is C9H14N4O. The molecule has 0 aromatic carbocycles. The second-order valence-corrected chi connectivity index (χ2v) is 3.33. The van der Waals surface area contributed by atoms with Crippen molar-refractivity contribution in [3.8, 4) is 0 Å². The van der Waals surface area contributed by atoms with E-state index in [9.17, 15) is 0 Å². The van der Waals surface area contributed by atoms with Crippen molar-refractivity contribution in [2.24, 2.45) is 0 Å². The summed E-state index contributed by atoms with van der Waals surface area (Å²) in [4.78, 5) is 8.26. The standard InChI is InChI=1S/C9H14N4O/c10-7-4-12-9(13-5-7)3-8-6-11-1-2-14-8/h4-5,8,11H,1-3,6,10H2. The molecule has 2 rings (SSSR count). The Morgan fingerprint density at radius 2 is 2.29 bits per heavy atom. The molecule has 5 heteroatoms. The third-order valence-corrected chi connectivity index (χ3v) is 2.14. The molecule has 1 unspecified atom stereocenters. The van der Waals surface area contributed by atoms with E-state index in [1.807, 2.05) is 0 Å². The lowest BCUT2D eigenvalue weighted by atomic mass is 10.2. The Morgan fingerprint density at radius 3 is 2.93 bits per heavy atom. The lowest BCUT2D eigenvalue weighted by Crippen LogP contribution is -2.39. The zero-order chi connectivity index (χ0) is 9.80. The number of nitrogen functional groups attached to an aromatic ring is 1. The molecule has 2 heterocycles. The molecule has 0 aliphatic carbocycles. The topological polar surface area (TPSA) is 73.1 Å². The largest absolute Gasteiger partial charge is 0.396 e. The molecule has 0 spiro atoms. The van der Waals surface area contributed by atoms with Gasteiger partial charge in [-0.1, -0.05) is 0 Å². The summed E-state index contributed by atoms with van der Waals surface area (Å²) >= 11 is 0. The van der Waals surface area contributed by atoms with Gasteiger partial charge in [-0.2, -0.15) is 0 Å². The van der Waals surface area contributed by atoms with Crippen LogP contribution in [0.3, 0.4) is 0 Å². The first-order valence-electron chi connectivity index (χ1n) is 4.73. The van der Waals surface area contributed by atoms with Crippen LogP contribution in [-0.4, -0.2) is 35.8 Å². The Bertz CT molecular complexity index is 281. The summed E-state index contributed by atoms with van der Waals surface area (Å²) in [6.45, 7) is 2.56. The molecule has 76 valence electrons. The average Bonchev–Trinajstić information content (AvgIpc) is 2.23. The Kier molecular flexibility index (Phi) is 2.90. The van der Waals surface area contributed by atoms with E-state index in [1.165, 1.54) is 0 Å². The fourth-order valence-corrected chi connectivity index (χ4v) is 1.42. The van der Waals surface area contributed by atoms with Crippen LogP contribution in [0.25, 0.3) is 0 Å². The molecule has 1 aliphatic heterocycles. The normalized spacial score (nSPS) is 22.1. The zero-order valence-corrected chi connectivity index (χ0v) is 7.94. The number of anilines is 1. The number of aromatic nitrogens is 2. The third-order valence-electron chi connectivity index (χ3n) is 2.14. The van der Waals surface area contributed by atoms with Gasteiger partial charge in [0, 0.05) is 19.5 Å². The summed E-state index contributed by atoms with van der Waals surface area (Å²) in [7, 11) is 0. The first-order valence-corrected chi connectivity index (χ1v) is 4.73. The predicted molar refractivity (Wildman–Crippen MR) is 52.8 cm³/mol. The molecule has 0 saturated carbocycles. The molecule has 1 atom stereocenters. The van der Waals surface area contributed by atoms with Gasteiger partial charge in [-0.3, -0.25) is 0 Å². The van der Waals surface area contributed by atoms with Crippen molar-refractivity contribution in [2.75, 3.05) is 25.4 Å². The molecule has 1 aromatic rings. The van der Waals surface area contributed by atoms with Gasteiger partial charge in [-0.15, -0.1) is 0 Å². The molecule has 1 aromatic heterocycles. The summed E-state index contributed by atoms with van der Waals surface area (Å²) < 4.78 is 5.54. The number of morpholine rings is 1. The Morgan fingerprint density at radius 1 is 1.50 bits per heavy atom. The highest BCUT2D eigenvalue weighted by atomic mass is 16.5. The molecule has 3 N–H and O–H groups in total. The lowest BCUT2D eigenvalue weighted by molar-refractivity contribution is 0.0280. The SMILES string of the molecule is Nc1cnc(CC2CNCCO2)nc1. The van der Waals surface area contributed by atoms with Gasteiger partial charge in [0.2, 0.25) is 0 Å². The molecule has 1 aliphatic rings. The maximum atomic E-state index is 5.54. The van der Waals surface area contributed by atoms with Gasteiger partial charge in [0.15, 0.2) is 0 Å². The van der Waals surface area contributed by atoms with E-state index < -0.39 is 0 Å². The number of nitrogens with zero attached hydrogens (tertiary/aromatic N) is 2. The van der Waals surface area contributed by atoms with E-state index in [-0.39, 0.29) is 6.10 Å². The van der Waals surface area contributed by atoms with Gasteiger partial charge in [0.25, 0.3) is 0 Å². The molecule has 5 nitrogen and oxygen atoms in total. The second kappa shape index (κ2) is 4.34. The van der Waals surface area contributed by atoms with Crippen molar-refractivity contribution in [1.82, 2.24) is 15.3 Å². The number of nitrogens with two attached hydrogens (primary N) is 1. The van der Waals surface area contributed by atoms with E-state index >= 15 is 0 Å². The highest BCUT2D eigenvalue weighted by Crippen LogP contribution is 2.04. The van der Waals surface area contributed by atoms with E-state index in [2.05, 4.69) is 15.3 Å².